The molecule has 100 valence electrons. The molecule has 2 aromatic rings. The first-order valence-electron chi connectivity index (χ1n) is 6.15. The van der Waals surface area contributed by atoms with Crippen molar-refractivity contribution < 1.29 is 4.74 Å². The van der Waals surface area contributed by atoms with Crippen LogP contribution in [0.1, 0.15) is 17.5 Å². The van der Waals surface area contributed by atoms with E-state index >= 15 is 0 Å². The summed E-state index contributed by atoms with van der Waals surface area (Å²) in [5.74, 6) is 0.838. The lowest BCUT2D eigenvalue weighted by Gasteiger charge is -2.32. The molecule has 0 bridgehead atoms. The van der Waals surface area contributed by atoms with Gasteiger partial charge in [0.15, 0.2) is 0 Å². The average Bonchev–Trinajstić information content (AvgIpc) is 2.86. The summed E-state index contributed by atoms with van der Waals surface area (Å²) in [6.45, 7) is 4.34. The van der Waals surface area contributed by atoms with E-state index in [0.717, 1.165) is 35.1 Å². The number of aromatic nitrogens is 2. The molecule has 2 heterocycles. The highest BCUT2D eigenvalue weighted by molar-refractivity contribution is 9.10. The molecular formula is C13H14BrN3OS. The number of ether oxygens (including phenoxy) is 1. The zero-order chi connectivity index (χ0) is 13.2. The average molecular weight is 340 g/mol. The van der Waals surface area contributed by atoms with Crippen molar-refractivity contribution in [3.05, 3.63) is 40.1 Å². The van der Waals surface area contributed by atoms with Crippen molar-refractivity contribution >= 4 is 32.6 Å². The monoisotopic (exact) mass is 339 g/mol. The highest BCUT2D eigenvalue weighted by Crippen LogP contribution is 2.28. The van der Waals surface area contributed by atoms with Crippen LogP contribution in [0.15, 0.2) is 28.7 Å². The third-order valence-corrected chi connectivity index (χ3v) is 4.44. The van der Waals surface area contributed by atoms with Crippen LogP contribution in [-0.2, 0) is 4.74 Å². The van der Waals surface area contributed by atoms with Crippen molar-refractivity contribution in [3.8, 4) is 0 Å². The van der Waals surface area contributed by atoms with Gasteiger partial charge in [-0.3, -0.25) is 0 Å². The van der Waals surface area contributed by atoms with Crippen molar-refractivity contribution in [1.29, 1.82) is 0 Å². The van der Waals surface area contributed by atoms with Crippen LogP contribution in [0.25, 0.3) is 0 Å². The number of hydrogen-bond donors (Lipinski definition) is 0. The van der Waals surface area contributed by atoms with E-state index in [1.165, 1.54) is 17.1 Å². The summed E-state index contributed by atoms with van der Waals surface area (Å²) >= 11 is 4.96. The van der Waals surface area contributed by atoms with Gasteiger partial charge in [-0.15, -0.1) is 0 Å². The first-order chi connectivity index (χ1) is 9.22. The van der Waals surface area contributed by atoms with Gasteiger partial charge in [-0.25, -0.2) is 4.98 Å². The van der Waals surface area contributed by atoms with E-state index in [9.17, 15) is 0 Å². The molecule has 1 unspecified atom stereocenters. The molecule has 0 spiro atoms. The van der Waals surface area contributed by atoms with Crippen LogP contribution in [0.5, 0.6) is 0 Å². The number of morpholine rings is 1. The van der Waals surface area contributed by atoms with Gasteiger partial charge in [-0.2, -0.15) is 4.37 Å². The second-order valence-electron chi connectivity index (χ2n) is 4.48. The molecule has 1 fully saturated rings. The summed E-state index contributed by atoms with van der Waals surface area (Å²) in [6, 6.07) is 8.28. The molecule has 1 aliphatic rings. The molecule has 3 rings (SSSR count). The molecule has 1 aliphatic heterocycles. The van der Waals surface area contributed by atoms with Gasteiger partial charge in [0.1, 0.15) is 11.9 Å². The van der Waals surface area contributed by atoms with Crippen molar-refractivity contribution in [2.24, 2.45) is 0 Å². The quantitative estimate of drug-likeness (QED) is 0.842. The molecule has 19 heavy (non-hydrogen) atoms. The third-order valence-electron chi connectivity index (χ3n) is 3.07. The Kier molecular flexibility index (Phi) is 3.81. The Bertz CT molecular complexity index is 575. The van der Waals surface area contributed by atoms with Crippen LogP contribution < -0.4 is 4.90 Å². The van der Waals surface area contributed by atoms with Crippen molar-refractivity contribution in [2.45, 2.75) is 13.0 Å². The molecule has 0 N–H and O–H groups in total. The zero-order valence-corrected chi connectivity index (χ0v) is 12.9. The minimum Gasteiger partial charge on any atom is -0.370 e. The van der Waals surface area contributed by atoms with Crippen LogP contribution in [0, 0.1) is 6.92 Å². The molecule has 1 aromatic carbocycles. The van der Waals surface area contributed by atoms with Crippen LogP contribution in [0.3, 0.4) is 0 Å². The summed E-state index contributed by atoms with van der Waals surface area (Å²) in [4.78, 5) is 6.70. The summed E-state index contributed by atoms with van der Waals surface area (Å²) in [6.07, 6.45) is 0.0930. The standard InChI is InChI=1S/C13H14BrN3OS/c1-9-15-13(19-16-9)17-5-6-18-12(8-17)10-3-2-4-11(14)7-10/h2-4,7,12H,5-6,8H2,1H3. The number of nitrogens with zero attached hydrogens (tertiary/aromatic N) is 3. The van der Waals surface area contributed by atoms with Crippen LogP contribution >= 0.6 is 27.5 Å². The third kappa shape index (κ3) is 2.96. The molecule has 0 radical (unpaired) electrons. The minimum absolute atomic E-state index is 0.0930. The van der Waals surface area contributed by atoms with Gasteiger partial charge in [0.05, 0.1) is 13.2 Å². The number of anilines is 1. The van der Waals surface area contributed by atoms with Gasteiger partial charge in [-0.1, -0.05) is 28.1 Å². The maximum absolute atomic E-state index is 5.87. The van der Waals surface area contributed by atoms with Gasteiger partial charge in [0.2, 0.25) is 5.13 Å². The maximum atomic E-state index is 5.87. The fraction of sp³-hybridized carbons (Fsp3) is 0.385. The summed E-state index contributed by atoms with van der Waals surface area (Å²) < 4.78 is 11.2. The van der Waals surface area contributed by atoms with Crippen molar-refractivity contribution in [2.75, 3.05) is 24.6 Å². The van der Waals surface area contributed by atoms with E-state index in [0.29, 0.717) is 0 Å². The first-order valence-corrected chi connectivity index (χ1v) is 7.71. The number of hydrogen-bond acceptors (Lipinski definition) is 5. The molecule has 1 aromatic heterocycles. The fourth-order valence-electron chi connectivity index (χ4n) is 2.15. The highest BCUT2D eigenvalue weighted by Gasteiger charge is 2.24. The van der Waals surface area contributed by atoms with Crippen molar-refractivity contribution in [1.82, 2.24) is 9.36 Å². The fourth-order valence-corrected chi connectivity index (χ4v) is 3.27. The number of aryl methyl sites for hydroxylation is 1. The highest BCUT2D eigenvalue weighted by atomic mass is 79.9. The minimum atomic E-state index is 0.0930. The summed E-state index contributed by atoms with van der Waals surface area (Å²) in [7, 11) is 0. The Morgan fingerprint density at radius 2 is 2.37 bits per heavy atom. The molecule has 0 saturated carbocycles. The largest absolute Gasteiger partial charge is 0.370 e. The number of rotatable bonds is 2. The molecular weight excluding hydrogens is 326 g/mol. The second kappa shape index (κ2) is 5.56. The first kappa shape index (κ1) is 13.0. The van der Waals surface area contributed by atoms with Crippen molar-refractivity contribution in [3.63, 3.8) is 0 Å². The Morgan fingerprint density at radius 3 is 3.11 bits per heavy atom. The van der Waals surface area contributed by atoms with E-state index in [-0.39, 0.29) is 6.10 Å². The van der Waals surface area contributed by atoms with Crippen LogP contribution in [-0.4, -0.2) is 29.1 Å². The van der Waals surface area contributed by atoms with Gasteiger partial charge in [0, 0.05) is 22.5 Å². The normalized spacial score (nSPS) is 19.7. The molecule has 6 heteroatoms. The number of halogens is 1. The lowest BCUT2D eigenvalue weighted by Crippen LogP contribution is -2.38. The van der Waals surface area contributed by atoms with Gasteiger partial charge in [-0.05, 0) is 24.6 Å². The molecule has 1 saturated heterocycles. The molecule has 0 aliphatic carbocycles. The van der Waals surface area contributed by atoms with E-state index in [1.807, 2.05) is 19.1 Å². The SMILES string of the molecule is Cc1nsc(N2CCOC(c3cccc(Br)c3)C2)n1. The lowest BCUT2D eigenvalue weighted by atomic mass is 10.1. The Labute approximate surface area is 124 Å². The summed E-state index contributed by atoms with van der Waals surface area (Å²) in [5.41, 5.74) is 1.19. The second-order valence-corrected chi connectivity index (χ2v) is 6.13. The molecule has 4 nitrogen and oxygen atoms in total. The van der Waals surface area contributed by atoms with Gasteiger partial charge in [0.25, 0.3) is 0 Å². The van der Waals surface area contributed by atoms with E-state index < -0.39 is 0 Å². The van der Waals surface area contributed by atoms with Crippen LogP contribution in [0.2, 0.25) is 0 Å². The summed E-state index contributed by atoms with van der Waals surface area (Å²) in [5, 5.41) is 0.987. The smallest absolute Gasteiger partial charge is 0.205 e. The van der Waals surface area contributed by atoms with E-state index in [2.05, 4.69) is 42.3 Å². The molecule has 0 amide bonds. The van der Waals surface area contributed by atoms with E-state index in [1.54, 1.807) is 0 Å². The molecule has 1 atom stereocenters. The predicted octanol–water partition coefficient (Wildman–Crippen LogP) is 3.19. The topological polar surface area (TPSA) is 38.2 Å². The Balaban J connectivity index is 1.78. The maximum Gasteiger partial charge on any atom is 0.205 e. The number of benzene rings is 1. The Hall–Kier alpha value is -0.980. The van der Waals surface area contributed by atoms with Crippen LogP contribution in [0.4, 0.5) is 5.13 Å². The van der Waals surface area contributed by atoms with Gasteiger partial charge < -0.3 is 9.64 Å². The Morgan fingerprint density at radius 1 is 1.47 bits per heavy atom. The predicted molar refractivity (Wildman–Crippen MR) is 79.7 cm³/mol. The lowest BCUT2D eigenvalue weighted by molar-refractivity contribution is 0.0397. The zero-order valence-electron chi connectivity index (χ0n) is 10.5. The van der Waals surface area contributed by atoms with E-state index in [4.69, 9.17) is 4.74 Å². The van der Waals surface area contributed by atoms with Gasteiger partial charge >= 0.3 is 0 Å².